The Hall–Kier alpha value is -3.51. The van der Waals surface area contributed by atoms with Crippen LogP contribution in [0.15, 0.2) is 53.9 Å². The topological polar surface area (TPSA) is 107 Å². The van der Waals surface area contributed by atoms with Crippen LogP contribution in [-0.4, -0.2) is 53.9 Å². The van der Waals surface area contributed by atoms with Gasteiger partial charge in [0.05, 0.1) is 24.0 Å². The van der Waals surface area contributed by atoms with Gasteiger partial charge in [-0.1, -0.05) is 0 Å². The molecule has 0 bridgehead atoms. The predicted molar refractivity (Wildman–Crippen MR) is 123 cm³/mol. The standard InChI is InChI=1S/C22H22F2N6O3S/c1-22(2,32)12-29-11-16(27-20(31)15-10-26-30-8-4-7-25-19(15)30)18(28-29)14-9-13(34-3)5-6-17(14)33-21(23)24/h4-11,21,32H,12H2,1-3H3,(H,27,31). The van der Waals surface area contributed by atoms with E-state index in [-0.39, 0.29) is 34.8 Å². The largest absolute Gasteiger partial charge is 0.434 e. The number of nitrogens with one attached hydrogen (secondary N) is 1. The van der Waals surface area contributed by atoms with Gasteiger partial charge in [0, 0.05) is 29.0 Å². The number of thioether (sulfide) groups is 1. The number of anilines is 1. The number of ether oxygens (including phenoxy) is 1. The third-order valence-electron chi connectivity index (χ3n) is 4.74. The Bertz CT molecular complexity index is 1330. The molecule has 4 rings (SSSR count). The van der Waals surface area contributed by atoms with Gasteiger partial charge in [0.25, 0.3) is 5.91 Å². The van der Waals surface area contributed by atoms with Crippen LogP contribution in [0.25, 0.3) is 16.9 Å². The fourth-order valence-electron chi connectivity index (χ4n) is 3.39. The number of aromatic nitrogens is 5. The molecule has 0 fully saturated rings. The molecule has 0 spiro atoms. The number of alkyl halides is 2. The second-order valence-corrected chi connectivity index (χ2v) is 8.92. The monoisotopic (exact) mass is 488 g/mol. The molecule has 3 aromatic heterocycles. The van der Waals surface area contributed by atoms with E-state index in [0.717, 1.165) is 4.90 Å². The van der Waals surface area contributed by atoms with Crippen LogP contribution in [0.5, 0.6) is 5.75 Å². The first kappa shape index (κ1) is 23.6. The number of hydrogen-bond donors (Lipinski definition) is 2. The maximum atomic E-state index is 13.1. The van der Waals surface area contributed by atoms with Crippen LogP contribution in [0.2, 0.25) is 0 Å². The van der Waals surface area contributed by atoms with Crippen molar-refractivity contribution in [2.24, 2.45) is 0 Å². The van der Waals surface area contributed by atoms with Gasteiger partial charge in [0.1, 0.15) is 17.0 Å². The molecule has 3 heterocycles. The summed E-state index contributed by atoms with van der Waals surface area (Å²) in [5.41, 5.74) is 0.214. The van der Waals surface area contributed by atoms with Gasteiger partial charge in [-0.15, -0.1) is 11.8 Å². The minimum absolute atomic E-state index is 0.0885. The van der Waals surface area contributed by atoms with Crippen LogP contribution >= 0.6 is 11.8 Å². The summed E-state index contributed by atoms with van der Waals surface area (Å²) >= 11 is 1.42. The van der Waals surface area contributed by atoms with Gasteiger partial charge < -0.3 is 15.2 Å². The molecule has 1 aromatic carbocycles. The van der Waals surface area contributed by atoms with Gasteiger partial charge in [0.2, 0.25) is 0 Å². The van der Waals surface area contributed by atoms with Gasteiger partial charge in [-0.25, -0.2) is 9.50 Å². The molecule has 0 radical (unpaired) electrons. The Morgan fingerprint density at radius 3 is 2.85 bits per heavy atom. The summed E-state index contributed by atoms with van der Waals surface area (Å²) in [5.74, 6) is -0.593. The van der Waals surface area contributed by atoms with E-state index in [1.807, 2.05) is 6.26 Å². The van der Waals surface area contributed by atoms with Crippen LogP contribution < -0.4 is 10.1 Å². The molecular weight excluding hydrogens is 466 g/mol. The number of aliphatic hydroxyl groups is 1. The summed E-state index contributed by atoms with van der Waals surface area (Å²) in [7, 11) is 0. The molecule has 2 N–H and O–H groups in total. The van der Waals surface area contributed by atoms with Crippen molar-refractivity contribution in [2.75, 3.05) is 11.6 Å². The predicted octanol–water partition coefficient (Wildman–Crippen LogP) is 3.94. The number of benzene rings is 1. The highest BCUT2D eigenvalue weighted by atomic mass is 32.2. The first-order chi connectivity index (χ1) is 16.1. The van der Waals surface area contributed by atoms with E-state index in [4.69, 9.17) is 4.74 Å². The van der Waals surface area contributed by atoms with Crippen molar-refractivity contribution < 1.29 is 23.4 Å². The number of amides is 1. The molecule has 0 saturated heterocycles. The number of nitrogens with zero attached hydrogens (tertiary/aromatic N) is 5. The lowest BCUT2D eigenvalue weighted by atomic mass is 10.1. The Labute approximate surface area is 197 Å². The highest BCUT2D eigenvalue weighted by Crippen LogP contribution is 2.38. The van der Waals surface area contributed by atoms with Gasteiger partial charge in [-0.3, -0.25) is 9.48 Å². The summed E-state index contributed by atoms with van der Waals surface area (Å²) in [5, 5.41) is 21.6. The van der Waals surface area contributed by atoms with E-state index >= 15 is 0 Å². The molecule has 4 aromatic rings. The third-order valence-corrected chi connectivity index (χ3v) is 5.47. The van der Waals surface area contributed by atoms with Crippen molar-refractivity contribution >= 4 is 29.0 Å². The first-order valence-corrected chi connectivity index (χ1v) is 11.4. The molecule has 0 saturated carbocycles. The normalized spacial score (nSPS) is 11.9. The molecule has 0 aliphatic carbocycles. The molecule has 178 valence electrons. The first-order valence-electron chi connectivity index (χ1n) is 10.2. The van der Waals surface area contributed by atoms with Crippen molar-refractivity contribution in [3.63, 3.8) is 0 Å². The van der Waals surface area contributed by atoms with Crippen LogP contribution in [0.1, 0.15) is 24.2 Å². The molecule has 1 amide bonds. The lowest BCUT2D eigenvalue weighted by molar-refractivity contribution is -0.0494. The summed E-state index contributed by atoms with van der Waals surface area (Å²) in [6.45, 7) is 0.273. The van der Waals surface area contributed by atoms with E-state index < -0.39 is 18.1 Å². The quantitative estimate of drug-likeness (QED) is 0.362. The summed E-state index contributed by atoms with van der Waals surface area (Å²) < 4.78 is 33.8. The number of carbonyl (C=O) groups excluding carboxylic acids is 1. The zero-order valence-corrected chi connectivity index (χ0v) is 19.4. The second kappa shape index (κ2) is 9.39. The summed E-state index contributed by atoms with van der Waals surface area (Å²) in [4.78, 5) is 18.1. The Morgan fingerprint density at radius 2 is 2.15 bits per heavy atom. The minimum Gasteiger partial charge on any atom is -0.434 e. The number of carbonyl (C=O) groups is 1. The highest BCUT2D eigenvalue weighted by Gasteiger charge is 2.23. The SMILES string of the molecule is CSc1ccc(OC(F)F)c(-c2nn(CC(C)(C)O)cc2NC(=O)c2cnn3cccnc23)c1. The smallest absolute Gasteiger partial charge is 0.387 e. The average Bonchev–Trinajstić information content (AvgIpc) is 3.36. The zero-order chi connectivity index (χ0) is 24.5. The average molecular weight is 489 g/mol. The summed E-state index contributed by atoms with van der Waals surface area (Å²) in [6, 6.07) is 6.43. The Morgan fingerprint density at radius 1 is 1.35 bits per heavy atom. The fourth-order valence-corrected chi connectivity index (χ4v) is 3.83. The van der Waals surface area contributed by atoms with E-state index in [0.29, 0.717) is 5.65 Å². The van der Waals surface area contributed by atoms with Crippen LogP contribution in [-0.2, 0) is 6.54 Å². The lowest BCUT2D eigenvalue weighted by Crippen LogP contribution is -2.26. The van der Waals surface area contributed by atoms with Crippen molar-refractivity contribution in [3.8, 4) is 17.0 Å². The fraction of sp³-hybridized carbons (Fsp3) is 0.273. The number of hydrogen-bond acceptors (Lipinski definition) is 7. The highest BCUT2D eigenvalue weighted by molar-refractivity contribution is 7.98. The molecule has 34 heavy (non-hydrogen) atoms. The number of fused-ring (bicyclic) bond motifs is 1. The molecule has 0 atom stereocenters. The molecule has 12 heteroatoms. The summed E-state index contributed by atoms with van der Waals surface area (Å²) in [6.07, 6.45) is 7.97. The van der Waals surface area contributed by atoms with Crippen molar-refractivity contribution in [3.05, 3.63) is 54.6 Å². The molecule has 0 unspecified atom stereocenters. The van der Waals surface area contributed by atoms with E-state index in [1.54, 1.807) is 44.4 Å². The van der Waals surface area contributed by atoms with Crippen molar-refractivity contribution in [1.82, 2.24) is 24.4 Å². The number of halogens is 2. The number of rotatable bonds is 8. The lowest BCUT2D eigenvalue weighted by Gasteiger charge is -2.16. The van der Waals surface area contributed by atoms with Crippen LogP contribution in [0.4, 0.5) is 14.5 Å². The van der Waals surface area contributed by atoms with Crippen LogP contribution in [0, 0.1) is 0 Å². The van der Waals surface area contributed by atoms with Crippen molar-refractivity contribution in [1.29, 1.82) is 0 Å². The minimum atomic E-state index is -3.04. The maximum absolute atomic E-state index is 13.1. The van der Waals surface area contributed by atoms with E-state index in [1.165, 1.54) is 39.4 Å². The molecule has 9 nitrogen and oxygen atoms in total. The molecule has 0 aliphatic heterocycles. The van der Waals surface area contributed by atoms with E-state index in [9.17, 15) is 18.7 Å². The maximum Gasteiger partial charge on any atom is 0.387 e. The van der Waals surface area contributed by atoms with Gasteiger partial charge in [-0.2, -0.15) is 19.0 Å². The van der Waals surface area contributed by atoms with Gasteiger partial charge in [-0.05, 0) is 44.4 Å². The molecule has 0 aliphatic rings. The molecular formula is C22H22F2N6O3S. The van der Waals surface area contributed by atoms with Crippen LogP contribution in [0.3, 0.4) is 0 Å². The Kier molecular flexibility index (Phi) is 6.53. The van der Waals surface area contributed by atoms with Gasteiger partial charge >= 0.3 is 6.61 Å². The van der Waals surface area contributed by atoms with E-state index in [2.05, 4.69) is 20.5 Å². The van der Waals surface area contributed by atoms with Crippen molar-refractivity contribution in [2.45, 2.75) is 37.5 Å². The zero-order valence-electron chi connectivity index (χ0n) is 18.6. The Balaban J connectivity index is 1.79. The third kappa shape index (κ3) is 5.18. The second-order valence-electron chi connectivity index (χ2n) is 8.04. The van der Waals surface area contributed by atoms with Gasteiger partial charge in [0.15, 0.2) is 5.65 Å².